The van der Waals surface area contributed by atoms with Crippen molar-refractivity contribution in [1.82, 2.24) is 9.13 Å². The van der Waals surface area contributed by atoms with Crippen LogP contribution in [0.5, 0.6) is 0 Å². The zero-order chi connectivity index (χ0) is 32.6. The molecule has 7 aromatic carbocycles. The standard InChI is InChI=1S/C44H24N4S/c45-25-27-12-16-35-36-17-13-28(26-46)21-42(36)48(41(35)20-27)31-7-5-6-29(22-31)30-14-18-43-37(23-30)38-24-32(15-19-44(38)49-43)47-39-10-3-1-8-33(39)34-9-2-4-11-40(34)47/h1-24H. The molecule has 4 nitrogen and oxygen atoms in total. The quantitative estimate of drug-likeness (QED) is 0.193. The number of benzene rings is 7. The first kappa shape index (κ1) is 27.5. The summed E-state index contributed by atoms with van der Waals surface area (Å²) in [6.45, 7) is 0. The van der Waals surface area contributed by atoms with Gasteiger partial charge in [-0.05, 0) is 90.0 Å². The molecule has 0 amide bonds. The minimum atomic E-state index is 0.600. The third-order valence-corrected chi connectivity index (χ3v) is 10.9. The van der Waals surface area contributed by atoms with E-state index in [9.17, 15) is 10.5 Å². The second-order valence-electron chi connectivity index (χ2n) is 12.4. The van der Waals surface area contributed by atoms with E-state index in [1.165, 1.54) is 42.0 Å². The topological polar surface area (TPSA) is 57.4 Å². The summed E-state index contributed by atoms with van der Waals surface area (Å²) >= 11 is 1.82. The summed E-state index contributed by atoms with van der Waals surface area (Å²) in [4.78, 5) is 0. The average Bonchev–Trinajstić information content (AvgIpc) is 3.81. The Morgan fingerprint density at radius 2 is 0.918 bits per heavy atom. The summed E-state index contributed by atoms with van der Waals surface area (Å²) in [5.41, 5.74) is 9.85. The molecule has 0 spiro atoms. The minimum Gasteiger partial charge on any atom is -0.309 e. The van der Waals surface area contributed by atoms with Gasteiger partial charge < -0.3 is 9.13 Å². The van der Waals surface area contributed by atoms with Crippen LogP contribution in [0.3, 0.4) is 0 Å². The molecule has 3 heterocycles. The lowest BCUT2D eigenvalue weighted by atomic mass is 10.0. The van der Waals surface area contributed by atoms with Crippen LogP contribution < -0.4 is 0 Å². The van der Waals surface area contributed by atoms with E-state index in [0.717, 1.165) is 44.3 Å². The van der Waals surface area contributed by atoms with Gasteiger partial charge in [0.15, 0.2) is 0 Å². The number of fused-ring (bicyclic) bond motifs is 9. The van der Waals surface area contributed by atoms with Crippen LogP contribution in [0, 0.1) is 22.7 Å². The lowest BCUT2D eigenvalue weighted by Gasteiger charge is -2.11. The molecular weight excluding hydrogens is 617 g/mol. The summed E-state index contributed by atoms with van der Waals surface area (Å²) in [6, 6.07) is 55.6. The fourth-order valence-electron chi connectivity index (χ4n) is 7.55. The second-order valence-corrected chi connectivity index (χ2v) is 13.5. The van der Waals surface area contributed by atoms with Gasteiger partial charge in [0.2, 0.25) is 0 Å². The van der Waals surface area contributed by atoms with Crippen molar-refractivity contribution in [3.8, 4) is 34.6 Å². The highest BCUT2D eigenvalue weighted by atomic mass is 32.1. The molecular formula is C44H24N4S. The van der Waals surface area contributed by atoms with E-state index < -0.39 is 0 Å². The number of hydrogen-bond donors (Lipinski definition) is 0. The van der Waals surface area contributed by atoms with Crippen molar-refractivity contribution >= 4 is 75.1 Å². The van der Waals surface area contributed by atoms with Gasteiger partial charge in [-0.15, -0.1) is 11.3 Å². The third-order valence-electron chi connectivity index (χ3n) is 9.75. The highest BCUT2D eigenvalue weighted by Gasteiger charge is 2.16. The first-order chi connectivity index (χ1) is 24.2. The molecule has 5 heteroatoms. The molecule has 10 aromatic rings. The summed E-state index contributed by atoms with van der Waals surface area (Å²) < 4.78 is 7.07. The van der Waals surface area contributed by atoms with Crippen molar-refractivity contribution < 1.29 is 0 Å². The van der Waals surface area contributed by atoms with Crippen molar-refractivity contribution in [2.24, 2.45) is 0 Å². The molecule has 0 fully saturated rings. The fraction of sp³-hybridized carbons (Fsp3) is 0. The third kappa shape index (κ3) is 4.07. The van der Waals surface area contributed by atoms with Crippen LogP contribution >= 0.6 is 11.3 Å². The van der Waals surface area contributed by atoms with E-state index in [1.807, 2.05) is 47.7 Å². The number of para-hydroxylation sites is 2. The smallest absolute Gasteiger partial charge is 0.0992 e. The molecule has 0 saturated heterocycles. The van der Waals surface area contributed by atoms with Gasteiger partial charge in [-0.25, -0.2) is 0 Å². The highest BCUT2D eigenvalue weighted by molar-refractivity contribution is 7.25. The summed E-state index contributed by atoms with van der Waals surface area (Å²) in [6.07, 6.45) is 0. The van der Waals surface area contributed by atoms with Crippen LogP contribution in [0.4, 0.5) is 0 Å². The first-order valence-corrected chi connectivity index (χ1v) is 16.9. The van der Waals surface area contributed by atoms with Gasteiger partial charge in [0.05, 0.1) is 45.3 Å². The number of aromatic nitrogens is 2. The maximum atomic E-state index is 9.71. The first-order valence-electron chi connectivity index (χ1n) is 16.1. The van der Waals surface area contributed by atoms with Crippen LogP contribution in [0.15, 0.2) is 146 Å². The van der Waals surface area contributed by atoms with Gasteiger partial charge in [-0.1, -0.05) is 66.7 Å². The maximum absolute atomic E-state index is 9.71. The molecule has 0 atom stereocenters. The Hall–Kier alpha value is -6.66. The molecule has 0 aliphatic carbocycles. The highest BCUT2D eigenvalue weighted by Crippen LogP contribution is 2.40. The van der Waals surface area contributed by atoms with Gasteiger partial charge in [-0.2, -0.15) is 10.5 Å². The summed E-state index contributed by atoms with van der Waals surface area (Å²) in [5.74, 6) is 0. The van der Waals surface area contributed by atoms with Gasteiger partial charge in [0, 0.05) is 53.1 Å². The number of nitriles is 2. The molecule has 0 aliphatic rings. The molecule has 0 saturated carbocycles. The van der Waals surface area contributed by atoms with E-state index in [0.29, 0.717) is 11.1 Å². The Morgan fingerprint density at radius 3 is 1.57 bits per heavy atom. The van der Waals surface area contributed by atoms with Crippen LogP contribution in [0.1, 0.15) is 11.1 Å². The van der Waals surface area contributed by atoms with E-state index >= 15 is 0 Å². The molecule has 0 radical (unpaired) electrons. The van der Waals surface area contributed by atoms with Gasteiger partial charge >= 0.3 is 0 Å². The van der Waals surface area contributed by atoms with Crippen LogP contribution in [0.25, 0.3) is 86.3 Å². The van der Waals surface area contributed by atoms with Crippen molar-refractivity contribution in [1.29, 1.82) is 10.5 Å². The molecule has 226 valence electrons. The Kier molecular flexibility index (Phi) is 5.84. The Balaban J connectivity index is 1.15. The zero-order valence-corrected chi connectivity index (χ0v) is 26.9. The molecule has 0 bridgehead atoms. The lowest BCUT2D eigenvalue weighted by molar-refractivity contribution is 1.18. The van der Waals surface area contributed by atoms with Crippen molar-refractivity contribution in [2.45, 2.75) is 0 Å². The van der Waals surface area contributed by atoms with Gasteiger partial charge in [-0.3, -0.25) is 0 Å². The Morgan fingerprint density at radius 1 is 0.388 bits per heavy atom. The van der Waals surface area contributed by atoms with Crippen molar-refractivity contribution in [3.63, 3.8) is 0 Å². The normalized spacial score (nSPS) is 11.6. The van der Waals surface area contributed by atoms with Crippen LogP contribution in [-0.4, -0.2) is 9.13 Å². The lowest BCUT2D eigenvalue weighted by Crippen LogP contribution is -1.95. The summed E-state index contributed by atoms with van der Waals surface area (Å²) in [5, 5.41) is 26.5. The van der Waals surface area contributed by atoms with Crippen LogP contribution in [-0.2, 0) is 0 Å². The minimum absolute atomic E-state index is 0.600. The molecule has 3 aromatic heterocycles. The van der Waals surface area contributed by atoms with Crippen molar-refractivity contribution in [2.75, 3.05) is 0 Å². The molecule has 0 N–H and O–H groups in total. The van der Waals surface area contributed by atoms with Gasteiger partial charge in [0.1, 0.15) is 0 Å². The number of thiophene rings is 1. The average molecular weight is 641 g/mol. The Bertz CT molecular complexity index is 2960. The largest absolute Gasteiger partial charge is 0.309 e. The molecule has 49 heavy (non-hydrogen) atoms. The summed E-state index contributed by atoms with van der Waals surface area (Å²) in [7, 11) is 0. The van der Waals surface area contributed by atoms with Crippen LogP contribution in [0.2, 0.25) is 0 Å². The predicted molar refractivity (Wildman–Crippen MR) is 203 cm³/mol. The zero-order valence-electron chi connectivity index (χ0n) is 26.1. The monoisotopic (exact) mass is 640 g/mol. The number of hydrogen-bond acceptors (Lipinski definition) is 3. The van der Waals surface area contributed by atoms with E-state index in [1.54, 1.807) is 0 Å². The van der Waals surface area contributed by atoms with Crippen molar-refractivity contribution in [3.05, 3.63) is 157 Å². The Labute approximate surface area is 285 Å². The van der Waals surface area contributed by atoms with Gasteiger partial charge in [0.25, 0.3) is 0 Å². The maximum Gasteiger partial charge on any atom is 0.0992 e. The molecule has 10 rings (SSSR count). The van der Waals surface area contributed by atoms with E-state index in [-0.39, 0.29) is 0 Å². The molecule has 0 aliphatic heterocycles. The molecule has 0 unspecified atom stereocenters. The number of nitrogens with zero attached hydrogens (tertiary/aromatic N) is 4. The second kappa shape index (κ2) is 10.4. The predicted octanol–water partition coefficient (Wildman–Crippen LogP) is 11.7. The van der Waals surface area contributed by atoms with E-state index in [4.69, 9.17) is 0 Å². The number of rotatable bonds is 3. The van der Waals surface area contributed by atoms with E-state index in [2.05, 4.69) is 130 Å². The SMILES string of the molecule is N#Cc1ccc2c3ccc(C#N)cc3n(-c3cccc(-c4ccc5sc6ccc(-n7c8ccccc8c8ccccc87)cc6c5c4)c3)c2c1. The fourth-order valence-corrected chi connectivity index (χ4v) is 8.61.